The molecule has 0 aliphatic rings. The number of halogens is 2. The van der Waals surface area contributed by atoms with Gasteiger partial charge in [0.2, 0.25) is 0 Å². The second kappa shape index (κ2) is 7.59. The quantitative estimate of drug-likeness (QED) is 0.815. The van der Waals surface area contributed by atoms with E-state index in [-0.39, 0.29) is 10.0 Å². The molecule has 0 spiro atoms. The molecule has 2 aromatic carbocycles. The highest BCUT2D eigenvalue weighted by molar-refractivity contribution is 9.10. The Bertz CT molecular complexity index is 897. The van der Waals surface area contributed by atoms with Crippen LogP contribution in [0.25, 0.3) is 6.08 Å². The lowest BCUT2D eigenvalue weighted by molar-refractivity contribution is 0.0981. The Morgan fingerprint density at radius 3 is 2.62 bits per heavy atom. The number of methoxy groups -OCH3 is 1. The van der Waals surface area contributed by atoms with Crippen molar-refractivity contribution in [1.29, 1.82) is 0 Å². The van der Waals surface area contributed by atoms with E-state index in [0.717, 1.165) is 17.5 Å². The number of hydrogen-bond donors (Lipinski definition) is 1. The Hall–Kier alpha value is -2.19. The summed E-state index contributed by atoms with van der Waals surface area (Å²) < 4.78 is 44.2. The monoisotopic (exact) mass is 413 g/mol. The summed E-state index contributed by atoms with van der Waals surface area (Å²) in [4.78, 5) is 12.0. The smallest absolute Gasteiger partial charge is 0.266 e. The van der Waals surface area contributed by atoms with E-state index in [9.17, 15) is 17.6 Å². The zero-order chi connectivity index (χ0) is 17.7. The third-order valence-electron chi connectivity index (χ3n) is 2.98. The molecule has 0 radical (unpaired) electrons. The summed E-state index contributed by atoms with van der Waals surface area (Å²) in [5, 5.41) is 0.861. The van der Waals surface area contributed by atoms with Crippen LogP contribution >= 0.6 is 15.9 Å². The third kappa shape index (κ3) is 4.65. The second-order valence-electron chi connectivity index (χ2n) is 4.65. The Balaban J connectivity index is 2.19. The number of para-hydroxylation sites is 1. The summed E-state index contributed by atoms with van der Waals surface area (Å²) in [6.45, 7) is 0. The molecule has 0 fully saturated rings. The van der Waals surface area contributed by atoms with Crippen molar-refractivity contribution in [1.82, 2.24) is 4.72 Å². The Labute approximate surface area is 147 Å². The fourth-order valence-corrected chi connectivity index (χ4v) is 3.15. The van der Waals surface area contributed by atoms with Crippen LogP contribution < -0.4 is 9.46 Å². The molecule has 0 bridgehead atoms. The van der Waals surface area contributed by atoms with E-state index in [1.54, 1.807) is 24.3 Å². The molecule has 0 aliphatic heterocycles. The molecule has 24 heavy (non-hydrogen) atoms. The molecule has 0 heterocycles. The van der Waals surface area contributed by atoms with E-state index in [4.69, 9.17) is 4.74 Å². The predicted molar refractivity (Wildman–Crippen MR) is 92.5 cm³/mol. The minimum atomic E-state index is -4.03. The van der Waals surface area contributed by atoms with Crippen LogP contribution in [0, 0.1) is 5.82 Å². The van der Waals surface area contributed by atoms with Crippen LogP contribution in [-0.2, 0) is 10.0 Å². The lowest BCUT2D eigenvalue weighted by Gasteiger charge is -2.06. The maximum atomic E-state index is 13.0. The summed E-state index contributed by atoms with van der Waals surface area (Å²) >= 11 is 3.02. The van der Waals surface area contributed by atoms with E-state index in [1.807, 2.05) is 4.72 Å². The second-order valence-corrected chi connectivity index (χ2v) is 7.07. The summed E-state index contributed by atoms with van der Waals surface area (Å²) in [5.74, 6) is -0.916. The van der Waals surface area contributed by atoms with Gasteiger partial charge in [0, 0.05) is 10.0 Å². The van der Waals surface area contributed by atoms with E-state index in [2.05, 4.69) is 15.9 Å². The number of benzene rings is 2. The molecule has 126 valence electrons. The molecule has 1 amide bonds. The number of nitrogens with one attached hydrogen (secondary N) is 1. The zero-order valence-electron chi connectivity index (χ0n) is 12.5. The molecule has 2 aromatic rings. The van der Waals surface area contributed by atoms with E-state index in [0.29, 0.717) is 11.3 Å². The number of carbonyl (C=O) groups is 1. The van der Waals surface area contributed by atoms with E-state index >= 15 is 0 Å². The summed E-state index contributed by atoms with van der Waals surface area (Å²) in [5.41, 5.74) is 0.548. The minimum absolute atomic E-state index is 0.00525. The van der Waals surface area contributed by atoms with Crippen LogP contribution in [0.2, 0.25) is 0 Å². The number of carbonyl (C=O) groups excluding carboxylic acids is 1. The fourth-order valence-electron chi connectivity index (χ4n) is 1.86. The molecule has 0 aliphatic carbocycles. The average Bonchev–Trinajstić information content (AvgIpc) is 2.52. The molecular formula is C16H13BrFNO4S. The highest BCUT2D eigenvalue weighted by atomic mass is 79.9. The summed E-state index contributed by atoms with van der Waals surface area (Å²) in [6, 6.07) is 10.2. The summed E-state index contributed by atoms with van der Waals surface area (Å²) in [7, 11) is -2.56. The zero-order valence-corrected chi connectivity index (χ0v) is 14.9. The number of hydrogen-bond acceptors (Lipinski definition) is 4. The van der Waals surface area contributed by atoms with Crippen molar-refractivity contribution in [2.75, 3.05) is 7.11 Å². The average molecular weight is 414 g/mol. The van der Waals surface area contributed by atoms with Gasteiger partial charge in [-0.25, -0.2) is 17.5 Å². The van der Waals surface area contributed by atoms with Crippen LogP contribution in [0.15, 0.2) is 52.3 Å². The van der Waals surface area contributed by atoms with Gasteiger partial charge in [-0.3, -0.25) is 4.79 Å². The molecular weight excluding hydrogens is 401 g/mol. The molecule has 8 heteroatoms. The number of amides is 1. The molecule has 5 nitrogen and oxygen atoms in total. The van der Waals surface area contributed by atoms with Gasteiger partial charge in [-0.05, 0) is 46.3 Å². The highest BCUT2D eigenvalue weighted by Gasteiger charge is 2.16. The molecule has 0 saturated heterocycles. The first kappa shape index (κ1) is 18.2. The largest absolute Gasteiger partial charge is 0.496 e. The van der Waals surface area contributed by atoms with Crippen molar-refractivity contribution in [2.45, 2.75) is 0 Å². The third-order valence-corrected chi connectivity index (χ3v) is 4.60. The Morgan fingerprint density at radius 1 is 1.25 bits per heavy atom. The maximum absolute atomic E-state index is 13.0. The molecule has 0 aromatic heterocycles. The van der Waals surface area contributed by atoms with E-state index in [1.165, 1.54) is 19.3 Å². The van der Waals surface area contributed by atoms with Gasteiger partial charge < -0.3 is 4.74 Å². The first-order valence-electron chi connectivity index (χ1n) is 6.66. The van der Waals surface area contributed by atoms with Crippen LogP contribution in [0.1, 0.15) is 15.9 Å². The van der Waals surface area contributed by atoms with Gasteiger partial charge >= 0.3 is 0 Å². The number of rotatable bonds is 5. The standard InChI is InChI=1S/C16H13BrFNO4S/c1-23-15-5-3-2-4-11(15)8-9-24(21,22)19-16(20)13-7-6-12(18)10-14(13)17/h2-10H,1H3,(H,19,20)/b9-8+. The minimum Gasteiger partial charge on any atom is -0.496 e. The van der Waals surface area contributed by atoms with Crippen LogP contribution in [0.4, 0.5) is 4.39 Å². The molecule has 0 unspecified atom stereocenters. The fraction of sp³-hybridized carbons (Fsp3) is 0.0625. The normalized spacial score (nSPS) is 11.5. The van der Waals surface area contributed by atoms with Gasteiger partial charge in [0.05, 0.1) is 18.1 Å². The Kier molecular flexibility index (Phi) is 5.74. The first-order chi connectivity index (χ1) is 11.3. The predicted octanol–water partition coefficient (Wildman–Crippen LogP) is 3.33. The number of sulfonamides is 1. The Morgan fingerprint density at radius 2 is 1.96 bits per heavy atom. The van der Waals surface area contributed by atoms with Crippen LogP contribution in [-0.4, -0.2) is 21.4 Å². The van der Waals surface area contributed by atoms with Crippen LogP contribution in [0.5, 0.6) is 5.75 Å². The lowest BCUT2D eigenvalue weighted by Crippen LogP contribution is -2.29. The lowest BCUT2D eigenvalue weighted by atomic mass is 10.2. The van der Waals surface area contributed by atoms with Crippen molar-refractivity contribution in [2.24, 2.45) is 0 Å². The van der Waals surface area contributed by atoms with Crippen LogP contribution in [0.3, 0.4) is 0 Å². The molecule has 2 rings (SSSR count). The maximum Gasteiger partial charge on any atom is 0.266 e. The molecule has 0 atom stereocenters. The molecule has 0 saturated carbocycles. The van der Waals surface area contributed by atoms with Gasteiger partial charge in [0.25, 0.3) is 15.9 Å². The van der Waals surface area contributed by atoms with E-state index < -0.39 is 21.7 Å². The first-order valence-corrected chi connectivity index (χ1v) is 8.99. The number of ether oxygens (including phenoxy) is 1. The van der Waals surface area contributed by atoms with Crippen molar-refractivity contribution in [3.8, 4) is 5.75 Å². The van der Waals surface area contributed by atoms with Crippen molar-refractivity contribution in [3.63, 3.8) is 0 Å². The van der Waals surface area contributed by atoms with Gasteiger partial charge in [-0.2, -0.15) is 0 Å². The topological polar surface area (TPSA) is 72.5 Å². The van der Waals surface area contributed by atoms with Gasteiger partial charge in [0.15, 0.2) is 0 Å². The van der Waals surface area contributed by atoms with Gasteiger partial charge in [-0.15, -0.1) is 0 Å². The van der Waals surface area contributed by atoms with Gasteiger partial charge in [-0.1, -0.05) is 18.2 Å². The van der Waals surface area contributed by atoms with Crippen molar-refractivity contribution >= 4 is 37.9 Å². The van der Waals surface area contributed by atoms with Crippen molar-refractivity contribution in [3.05, 3.63) is 69.3 Å². The SMILES string of the molecule is COc1ccccc1/C=C/S(=O)(=O)NC(=O)c1ccc(F)cc1Br. The van der Waals surface area contributed by atoms with Gasteiger partial charge in [0.1, 0.15) is 11.6 Å². The van der Waals surface area contributed by atoms with Crippen molar-refractivity contribution < 1.29 is 22.3 Å². The summed E-state index contributed by atoms with van der Waals surface area (Å²) in [6.07, 6.45) is 1.31. The highest BCUT2D eigenvalue weighted by Crippen LogP contribution is 2.20. The molecule has 1 N–H and O–H groups in total.